The molecule has 1 aromatic carbocycles. The minimum absolute atomic E-state index is 0.0389. The van der Waals surface area contributed by atoms with E-state index in [2.05, 4.69) is 17.6 Å². The van der Waals surface area contributed by atoms with Crippen molar-refractivity contribution in [1.29, 1.82) is 0 Å². The lowest BCUT2D eigenvalue weighted by Crippen LogP contribution is -2.39. The fourth-order valence-electron chi connectivity index (χ4n) is 3.27. The molecule has 23 heavy (non-hydrogen) atoms. The lowest BCUT2D eigenvalue weighted by atomic mass is 9.87. The smallest absolute Gasteiger partial charge is 0.258 e. The quantitative estimate of drug-likeness (QED) is 0.897. The van der Waals surface area contributed by atoms with Gasteiger partial charge in [0, 0.05) is 18.2 Å². The first-order chi connectivity index (χ1) is 11.1. The molecule has 5 heteroatoms. The number of carbonyl (C=O) groups excluding carboxylic acids is 2. The molecular formula is C18H24N2O3. The van der Waals surface area contributed by atoms with Crippen molar-refractivity contribution < 1.29 is 14.3 Å². The van der Waals surface area contributed by atoms with Gasteiger partial charge in [-0.3, -0.25) is 9.59 Å². The lowest BCUT2D eigenvalue weighted by Gasteiger charge is -2.26. The number of fused-ring (bicyclic) bond motifs is 1. The standard InChI is InChI=1S/C18H24N2O3/c1-12-2-5-14(6-3-12)19-18(22)11-23-15-7-8-16-13(10-15)4-9-17(21)20-16/h7-8,10,12,14H,2-6,9,11H2,1H3,(H,19,22)(H,20,21). The highest BCUT2D eigenvalue weighted by Gasteiger charge is 2.20. The molecule has 0 atom stereocenters. The maximum absolute atomic E-state index is 12.0. The number of carbonyl (C=O) groups is 2. The van der Waals surface area contributed by atoms with Gasteiger partial charge in [0.2, 0.25) is 5.91 Å². The number of aryl methyl sites for hydroxylation is 1. The second kappa shape index (κ2) is 7.02. The molecule has 1 aliphatic heterocycles. The summed E-state index contributed by atoms with van der Waals surface area (Å²) in [5, 5.41) is 5.89. The molecule has 3 rings (SSSR count). The Balaban J connectivity index is 1.48. The average Bonchev–Trinajstić information content (AvgIpc) is 2.55. The van der Waals surface area contributed by atoms with Crippen LogP contribution in [0.5, 0.6) is 5.75 Å². The van der Waals surface area contributed by atoms with Crippen molar-refractivity contribution in [3.63, 3.8) is 0 Å². The molecule has 2 N–H and O–H groups in total. The maximum Gasteiger partial charge on any atom is 0.258 e. The SMILES string of the molecule is CC1CCC(NC(=O)COc2ccc3c(c2)CCC(=O)N3)CC1. The van der Waals surface area contributed by atoms with Crippen LogP contribution in [-0.4, -0.2) is 24.5 Å². The van der Waals surface area contributed by atoms with Crippen LogP contribution < -0.4 is 15.4 Å². The van der Waals surface area contributed by atoms with Gasteiger partial charge in [-0.1, -0.05) is 6.92 Å². The monoisotopic (exact) mass is 316 g/mol. The fourth-order valence-corrected chi connectivity index (χ4v) is 3.27. The van der Waals surface area contributed by atoms with Gasteiger partial charge in [0.1, 0.15) is 5.75 Å². The Hall–Kier alpha value is -2.04. The van der Waals surface area contributed by atoms with Crippen molar-refractivity contribution in [3.05, 3.63) is 23.8 Å². The third-order valence-electron chi connectivity index (χ3n) is 4.72. The fraction of sp³-hybridized carbons (Fsp3) is 0.556. The number of rotatable bonds is 4. The van der Waals surface area contributed by atoms with Crippen LogP contribution in [0.25, 0.3) is 0 Å². The summed E-state index contributed by atoms with van der Waals surface area (Å²) in [6.07, 6.45) is 5.70. The van der Waals surface area contributed by atoms with E-state index in [1.807, 2.05) is 12.1 Å². The third-order valence-corrected chi connectivity index (χ3v) is 4.72. The number of amides is 2. The zero-order chi connectivity index (χ0) is 16.2. The van der Waals surface area contributed by atoms with Gasteiger partial charge < -0.3 is 15.4 Å². The highest BCUT2D eigenvalue weighted by Crippen LogP contribution is 2.27. The summed E-state index contributed by atoms with van der Waals surface area (Å²) in [6, 6.07) is 5.83. The minimum Gasteiger partial charge on any atom is -0.484 e. The zero-order valence-corrected chi connectivity index (χ0v) is 13.6. The zero-order valence-electron chi connectivity index (χ0n) is 13.6. The summed E-state index contributed by atoms with van der Waals surface area (Å²) in [5.41, 5.74) is 1.90. The van der Waals surface area contributed by atoms with Gasteiger partial charge in [-0.15, -0.1) is 0 Å². The normalized spacial score (nSPS) is 23.6. The molecule has 0 unspecified atom stereocenters. The summed E-state index contributed by atoms with van der Waals surface area (Å²) in [4.78, 5) is 23.3. The van der Waals surface area contributed by atoms with E-state index in [-0.39, 0.29) is 18.4 Å². The topological polar surface area (TPSA) is 67.4 Å². The van der Waals surface area contributed by atoms with Crippen LogP contribution in [0.4, 0.5) is 5.69 Å². The molecule has 1 aromatic rings. The molecule has 0 saturated heterocycles. The summed E-state index contributed by atoms with van der Waals surface area (Å²) in [6.45, 7) is 2.30. The van der Waals surface area contributed by atoms with Gasteiger partial charge >= 0.3 is 0 Å². The predicted molar refractivity (Wildman–Crippen MR) is 88.5 cm³/mol. The number of benzene rings is 1. The highest BCUT2D eigenvalue weighted by molar-refractivity contribution is 5.94. The predicted octanol–water partition coefficient (Wildman–Crippen LogP) is 2.65. The van der Waals surface area contributed by atoms with Crippen molar-refractivity contribution in [2.24, 2.45) is 5.92 Å². The van der Waals surface area contributed by atoms with E-state index < -0.39 is 0 Å². The van der Waals surface area contributed by atoms with Gasteiger partial charge in [-0.25, -0.2) is 0 Å². The molecule has 1 aliphatic carbocycles. The Morgan fingerprint density at radius 1 is 1.26 bits per heavy atom. The van der Waals surface area contributed by atoms with Crippen LogP contribution in [-0.2, 0) is 16.0 Å². The molecule has 1 saturated carbocycles. The molecule has 0 bridgehead atoms. The van der Waals surface area contributed by atoms with Crippen molar-refractivity contribution in [3.8, 4) is 5.75 Å². The molecule has 2 amide bonds. The van der Waals surface area contributed by atoms with Crippen molar-refractivity contribution in [2.75, 3.05) is 11.9 Å². The Morgan fingerprint density at radius 2 is 2.04 bits per heavy atom. The molecule has 1 fully saturated rings. The Kier molecular flexibility index (Phi) is 4.84. The van der Waals surface area contributed by atoms with E-state index in [4.69, 9.17) is 4.74 Å². The van der Waals surface area contributed by atoms with Crippen LogP contribution in [0.1, 0.15) is 44.6 Å². The molecule has 124 valence electrons. The van der Waals surface area contributed by atoms with Gasteiger partial charge in [0.25, 0.3) is 5.91 Å². The summed E-state index contributed by atoms with van der Waals surface area (Å²) in [7, 11) is 0. The Labute approximate surface area is 136 Å². The Morgan fingerprint density at radius 3 is 2.83 bits per heavy atom. The summed E-state index contributed by atoms with van der Waals surface area (Å²) >= 11 is 0. The van der Waals surface area contributed by atoms with Crippen molar-refractivity contribution >= 4 is 17.5 Å². The van der Waals surface area contributed by atoms with Crippen molar-refractivity contribution in [1.82, 2.24) is 5.32 Å². The van der Waals surface area contributed by atoms with E-state index in [0.29, 0.717) is 24.6 Å². The van der Waals surface area contributed by atoms with Crippen LogP contribution in [0.15, 0.2) is 18.2 Å². The van der Waals surface area contributed by atoms with E-state index in [1.54, 1.807) is 6.07 Å². The van der Waals surface area contributed by atoms with E-state index in [1.165, 1.54) is 12.8 Å². The van der Waals surface area contributed by atoms with Crippen LogP contribution in [0, 0.1) is 5.92 Å². The summed E-state index contributed by atoms with van der Waals surface area (Å²) in [5.74, 6) is 1.44. The first-order valence-electron chi connectivity index (χ1n) is 8.45. The minimum atomic E-state index is -0.0597. The molecule has 1 heterocycles. The Bertz CT molecular complexity index is 592. The first-order valence-corrected chi connectivity index (χ1v) is 8.45. The largest absolute Gasteiger partial charge is 0.484 e. The van der Waals surface area contributed by atoms with Crippen LogP contribution >= 0.6 is 0 Å². The van der Waals surface area contributed by atoms with Gasteiger partial charge in [-0.05, 0) is 61.8 Å². The third kappa shape index (κ3) is 4.24. The molecule has 2 aliphatic rings. The van der Waals surface area contributed by atoms with E-state index in [9.17, 15) is 9.59 Å². The van der Waals surface area contributed by atoms with Gasteiger partial charge in [0.15, 0.2) is 6.61 Å². The van der Waals surface area contributed by atoms with Gasteiger partial charge in [-0.2, -0.15) is 0 Å². The van der Waals surface area contributed by atoms with Crippen LogP contribution in [0.3, 0.4) is 0 Å². The lowest BCUT2D eigenvalue weighted by molar-refractivity contribution is -0.124. The maximum atomic E-state index is 12.0. The second-order valence-corrected chi connectivity index (χ2v) is 6.68. The molecule has 0 spiro atoms. The van der Waals surface area contributed by atoms with E-state index >= 15 is 0 Å². The molecular weight excluding hydrogens is 292 g/mol. The number of nitrogens with one attached hydrogen (secondary N) is 2. The second-order valence-electron chi connectivity index (χ2n) is 6.68. The number of anilines is 1. The summed E-state index contributed by atoms with van der Waals surface area (Å²) < 4.78 is 5.60. The van der Waals surface area contributed by atoms with Gasteiger partial charge in [0.05, 0.1) is 0 Å². The van der Waals surface area contributed by atoms with E-state index in [0.717, 1.165) is 30.0 Å². The van der Waals surface area contributed by atoms with Crippen LogP contribution in [0.2, 0.25) is 0 Å². The first kappa shape index (κ1) is 15.8. The molecule has 5 nitrogen and oxygen atoms in total. The van der Waals surface area contributed by atoms with Crippen molar-refractivity contribution in [2.45, 2.75) is 51.5 Å². The number of ether oxygens (including phenoxy) is 1. The molecule has 0 aromatic heterocycles. The molecule has 0 radical (unpaired) electrons. The average molecular weight is 316 g/mol. The number of hydrogen-bond donors (Lipinski definition) is 2. The number of hydrogen-bond acceptors (Lipinski definition) is 3. The highest BCUT2D eigenvalue weighted by atomic mass is 16.5.